The molecule has 1 heterocycles. The van der Waals surface area contributed by atoms with Gasteiger partial charge in [-0.05, 0) is 54.3 Å². The fourth-order valence-corrected chi connectivity index (χ4v) is 4.00. The van der Waals surface area contributed by atoms with Gasteiger partial charge in [-0.3, -0.25) is 4.79 Å². The van der Waals surface area contributed by atoms with E-state index in [4.69, 9.17) is 21.1 Å². The molecule has 0 saturated heterocycles. The van der Waals surface area contributed by atoms with Gasteiger partial charge < -0.3 is 9.47 Å². The maximum Gasteiger partial charge on any atom is 0.416 e. The van der Waals surface area contributed by atoms with Crippen LogP contribution in [0.25, 0.3) is 22.3 Å². The third-order valence-electron chi connectivity index (χ3n) is 5.51. The van der Waals surface area contributed by atoms with Crippen LogP contribution in [-0.2, 0) is 6.18 Å². The average molecular weight is 558 g/mol. The van der Waals surface area contributed by atoms with E-state index < -0.39 is 17.3 Å². The van der Waals surface area contributed by atoms with Crippen molar-refractivity contribution in [3.05, 3.63) is 87.2 Å². The van der Waals surface area contributed by atoms with Crippen LogP contribution in [0.2, 0.25) is 5.02 Å². The fourth-order valence-electron chi connectivity index (χ4n) is 3.73. The number of para-hydroxylation sites is 1. The summed E-state index contributed by atoms with van der Waals surface area (Å²) in [7, 11) is 0. The van der Waals surface area contributed by atoms with E-state index in [1.165, 1.54) is 18.3 Å². The molecule has 0 fully saturated rings. The molecule has 204 valence electrons. The molecule has 0 aliphatic carbocycles. The Labute approximate surface area is 228 Å². The van der Waals surface area contributed by atoms with Gasteiger partial charge in [0.1, 0.15) is 0 Å². The van der Waals surface area contributed by atoms with Gasteiger partial charge in [-0.15, -0.1) is 0 Å². The smallest absolute Gasteiger partial charge is 0.416 e. The molecule has 0 bridgehead atoms. The van der Waals surface area contributed by atoms with Gasteiger partial charge in [0, 0.05) is 5.56 Å². The topological polar surface area (TPSA) is 65.7 Å². The van der Waals surface area contributed by atoms with Crippen molar-refractivity contribution < 1.29 is 22.6 Å². The van der Waals surface area contributed by atoms with Crippen molar-refractivity contribution in [2.24, 2.45) is 10.5 Å². The minimum absolute atomic E-state index is 0.0395. The van der Waals surface area contributed by atoms with Crippen LogP contribution in [0.3, 0.4) is 0 Å². The third-order valence-corrected chi connectivity index (χ3v) is 5.79. The number of hydrogen-bond acceptors (Lipinski definition) is 5. The number of benzene rings is 3. The Morgan fingerprint density at radius 2 is 1.77 bits per heavy atom. The first-order chi connectivity index (χ1) is 18.4. The van der Waals surface area contributed by atoms with Crippen LogP contribution >= 0.6 is 11.6 Å². The van der Waals surface area contributed by atoms with Gasteiger partial charge in [0.05, 0.1) is 40.9 Å². The standard InChI is InChI=1S/C29H27ClF3N3O3/c1-5-38-24-14-18(13-22(30)25(24)39-17-28(2,3)4)16-34-36-26(19-9-8-10-20(15-19)29(31,32)33)35-23-12-7-6-11-21(23)27(36)37/h6-16H,5,17H2,1-4H3. The highest BCUT2D eigenvalue weighted by molar-refractivity contribution is 6.32. The van der Waals surface area contributed by atoms with E-state index in [2.05, 4.69) is 10.1 Å². The molecule has 10 heteroatoms. The van der Waals surface area contributed by atoms with Crippen molar-refractivity contribution in [1.82, 2.24) is 9.66 Å². The summed E-state index contributed by atoms with van der Waals surface area (Å²) in [4.78, 5) is 17.9. The van der Waals surface area contributed by atoms with Gasteiger partial charge in [0.15, 0.2) is 17.3 Å². The van der Waals surface area contributed by atoms with Gasteiger partial charge >= 0.3 is 6.18 Å². The van der Waals surface area contributed by atoms with Crippen molar-refractivity contribution in [2.45, 2.75) is 33.9 Å². The summed E-state index contributed by atoms with van der Waals surface area (Å²) in [5.41, 5.74) is -0.604. The summed E-state index contributed by atoms with van der Waals surface area (Å²) in [6.45, 7) is 8.66. The largest absolute Gasteiger partial charge is 0.490 e. The number of halogens is 4. The molecular weight excluding hydrogens is 531 g/mol. The second-order valence-corrected chi connectivity index (χ2v) is 10.4. The highest BCUT2D eigenvalue weighted by Crippen LogP contribution is 2.37. The molecule has 0 spiro atoms. The lowest BCUT2D eigenvalue weighted by molar-refractivity contribution is -0.137. The molecule has 0 unspecified atom stereocenters. The SMILES string of the molecule is CCOc1cc(C=Nn2c(-c3cccc(C(F)(F)F)c3)nc3ccccc3c2=O)cc(Cl)c1OCC(C)(C)C. The molecule has 6 nitrogen and oxygen atoms in total. The van der Waals surface area contributed by atoms with E-state index in [9.17, 15) is 18.0 Å². The third kappa shape index (κ3) is 6.60. The Morgan fingerprint density at radius 1 is 1.03 bits per heavy atom. The molecule has 0 atom stereocenters. The molecule has 0 aliphatic heterocycles. The number of ether oxygens (including phenoxy) is 2. The monoisotopic (exact) mass is 557 g/mol. The predicted octanol–water partition coefficient (Wildman–Crippen LogP) is 7.44. The summed E-state index contributed by atoms with van der Waals surface area (Å²) >= 11 is 6.52. The molecule has 39 heavy (non-hydrogen) atoms. The fraction of sp³-hybridized carbons (Fsp3) is 0.276. The van der Waals surface area contributed by atoms with Gasteiger partial charge in [-0.25, -0.2) is 4.98 Å². The molecular formula is C29H27ClF3N3O3. The van der Waals surface area contributed by atoms with Crippen molar-refractivity contribution in [1.29, 1.82) is 0 Å². The number of aromatic nitrogens is 2. The Morgan fingerprint density at radius 3 is 2.46 bits per heavy atom. The number of alkyl halides is 3. The van der Waals surface area contributed by atoms with Crippen LogP contribution < -0.4 is 15.0 Å². The van der Waals surface area contributed by atoms with Gasteiger partial charge in [-0.1, -0.05) is 56.6 Å². The second-order valence-electron chi connectivity index (χ2n) is 10.0. The number of fused-ring (bicyclic) bond motifs is 1. The van der Waals surface area contributed by atoms with E-state index in [0.717, 1.165) is 16.8 Å². The van der Waals surface area contributed by atoms with Crippen molar-refractivity contribution in [2.75, 3.05) is 13.2 Å². The maximum atomic E-state index is 13.4. The molecule has 4 aromatic rings. The average Bonchev–Trinajstić information content (AvgIpc) is 2.87. The summed E-state index contributed by atoms with van der Waals surface area (Å²) in [6.07, 6.45) is -3.19. The highest BCUT2D eigenvalue weighted by atomic mass is 35.5. The predicted molar refractivity (Wildman–Crippen MR) is 147 cm³/mol. The summed E-state index contributed by atoms with van der Waals surface area (Å²) in [5.74, 6) is 0.750. The van der Waals surface area contributed by atoms with Gasteiger partial charge in [0.25, 0.3) is 5.56 Å². The van der Waals surface area contributed by atoms with Crippen molar-refractivity contribution in [3.8, 4) is 22.9 Å². The number of rotatable bonds is 7. The zero-order valence-corrected chi connectivity index (χ0v) is 22.6. The van der Waals surface area contributed by atoms with Gasteiger partial charge in [-0.2, -0.15) is 22.9 Å². The van der Waals surface area contributed by atoms with Gasteiger partial charge in [0.2, 0.25) is 0 Å². The maximum absolute atomic E-state index is 13.4. The first-order valence-electron chi connectivity index (χ1n) is 12.2. The Hall–Kier alpha value is -3.85. The van der Waals surface area contributed by atoms with E-state index >= 15 is 0 Å². The van der Waals surface area contributed by atoms with Crippen molar-refractivity contribution in [3.63, 3.8) is 0 Å². The molecule has 4 rings (SSSR count). The highest BCUT2D eigenvalue weighted by Gasteiger charge is 2.31. The Bertz CT molecular complexity index is 1590. The molecule has 0 amide bonds. The molecule has 0 radical (unpaired) electrons. The Kier molecular flexibility index (Phi) is 8.02. The second kappa shape index (κ2) is 11.1. The molecule has 3 aromatic carbocycles. The molecule has 1 aromatic heterocycles. The summed E-state index contributed by atoms with van der Waals surface area (Å²) in [5, 5.41) is 4.89. The first-order valence-corrected chi connectivity index (χ1v) is 12.6. The van der Waals surface area contributed by atoms with Crippen LogP contribution in [0.5, 0.6) is 11.5 Å². The zero-order valence-electron chi connectivity index (χ0n) is 21.8. The molecule has 0 saturated carbocycles. The lowest BCUT2D eigenvalue weighted by Crippen LogP contribution is -2.20. The van der Waals surface area contributed by atoms with Crippen molar-refractivity contribution >= 4 is 28.7 Å². The quantitative estimate of drug-likeness (QED) is 0.221. The van der Waals surface area contributed by atoms with Crippen LogP contribution in [0.4, 0.5) is 13.2 Å². The normalized spacial score (nSPS) is 12.3. The Balaban J connectivity index is 1.84. The minimum Gasteiger partial charge on any atom is -0.490 e. The van der Waals surface area contributed by atoms with E-state index in [1.807, 2.05) is 27.7 Å². The molecule has 0 aliphatic rings. The zero-order chi connectivity index (χ0) is 28.4. The summed E-state index contributed by atoms with van der Waals surface area (Å²) in [6, 6.07) is 14.4. The number of hydrogen-bond donors (Lipinski definition) is 0. The van der Waals surface area contributed by atoms with E-state index in [1.54, 1.807) is 36.4 Å². The lowest BCUT2D eigenvalue weighted by Gasteiger charge is -2.21. The summed E-state index contributed by atoms with van der Waals surface area (Å²) < 4.78 is 52.9. The van der Waals surface area contributed by atoms with Crippen LogP contribution in [-0.4, -0.2) is 29.1 Å². The molecule has 0 N–H and O–H groups in total. The van der Waals surface area contributed by atoms with E-state index in [0.29, 0.717) is 35.8 Å². The number of nitrogens with zero attached hydrogens (tertiary/aromatic N) is 3. The van der Waals surface area contributed by atoms with E-state index in [-0.39, 0.29) is 27.2 Å². The van der Waals surface area contributed by atoms with Crippen LogP contribution in [0.1, 0.15) is 38.8 Å². The minimum atomic E-state index is -4.56. The lowest BCUT2D eigenvalue weighted by atomic mass is 9.99. The first kappa shape index (κ1) is 28.2. The van der Waals surface area contributed by atoms with Crippen LogP contribution in [0, 0.1) is 5.41 Å². The van der Waals surface area contributed by atoms with Crippen LogP contribution in [0.15, 0.2) is 70.6 Å².